The van der Waals surface area contributed by atoms with Crippen LogP contribution in [0, 0.1) is 6.92 Å². The number of ether oxygens (including phenoxy) is 1. The van der Waals surface area contributed by atoms with Crippen molar-refractivity contribution in [1.82, 2.24) is 0 Å². The molecular formula is C20H26N2O5S2. The van der Waals surface area contributed by atoms with E-state index >= 15 is 0 Å². The molecule has 1 N–H and O–H groups in total. The van der Waals surface area contributed by atoms with Gasteiger partial charge in [-0.1, -0.05) is 17.7 Å². The number of benzene rings is 2. The Morgan fingerprint density at radius 2 is 1.59 bits per heavy atom. The molecule has 158 valence electrons. The van der Waals surface area contributed by atoms with Crippen LogP contribution in [0.2, 0.25) is 0 Å². The summed E-state index contributed by atoms with van der Waals surface area (Å²) in [7, 11) is -7.63. The summed E-state index contributed by atoms with van der Waals surface area (Å²) in [4.78, 5) is 2.09. The zero-order chi connectivity index (χ0) is 21.2. The number of hydrogen-bond donors (Lipinski definition) is 1. The van der Waals surface area contributed by atoms with Crippen LogP contribution in [0.5, 0.6) is 0 Å². The molecule has 0 aliphatic carbocycles. The number of aryl methyl sites for hydroxylation is 1. The second kappa shape index (κ2) is 8.33. The number of hydrogen-bond acceptors (Lipinski definition) is 6. The lowest BCUT2D eigenvalue weighted by Gasteiger charge is -2.29. The first-order valence-electron chi connectivity index (χ1n) is 9.41. The van der Waals surface area contributed by atoms with Crippen LogP contribution >= 0.6 is 0 Å². The quantitative estimate of drug-likeness (QED) is 0.746. The van der Waals surface area contributed by atoms with Gasteiger partial charge >= 0.3 is 0 Å². The molecule has 0 unspecified atom stereocenters. The zero-order valence-corrected chi connectivity index (χ0v) is 18.4. The Bertz CT molecular complexity index is 1070. The van der Waals surface area contributed by atoms with Crippen LogP contribution in [-0.2, 0) is 24.6 Å². The average molecular weight is 439 g/mol. The highest BCUT2D eigenvalue weighted by Crippen LogP contribution is 2.32. The van der Waals surface area contributed by atoms with Crippen molar-refractivity contribution in [2.75, 3.05) is 35.9 Å². The van der Waals surface area contributed by atoms with Gasteiger partial charge in [0.15, 0.2) is 9.84 Å². The summed E-state index contributed by atoms with van der Waals surface area (Å²) in [6, 6.07) is 11.2. The standard InChI is InChI=1S/C20H26N2O5S2/c1-15(2)28(23,24)20-9-6-17(22-10-12-27-13-11-22)14-19(20)21-29(25,26)18-7-4-16(3)5-8-18/h4-9,14-15,21H,10-13H2,1-3H3. The van der Waals surface area contributed by atoms with E-state index in [1.54, 1.807) is 38.1 Å². The molecule has 29 heavy (non-hydrogen) atoms. The van der Waals surface area contributed by atoms with Gasteiger partial charge in [-0.05, 0) is 51.1 Å². The second-order valence-corrected chi connectivity index (χ2v) is 11.4. The topological polar surface area (TPSA) is 92.8 Å². The van der Waals surface area contributed by atoms with Crippen LogP contribution < -0.4 is 9.62 Å². The third-order valence-electron chi connectivity index (χ3n) is 4.84. The molecule has 1 heterocycles. The molecule has 2 aromatic rings. The van der Waals surface area contributed by atoms with E-state index in [2.05, 4.69) is 4.72 Å². The van der Waals surface area contributed by atoms with E-state index in [1.807, 2.05) is 11.8 Å². The van der Waals surface area contributed by atoms with Gasteiger partial charge in [0.1, 0.15) is 0 Å². The molecule has 0 spiro atoms. The van der Waals surface area contributed by atoms with Gasteiger partial charge in [-0.25, -0.2) is 16.8 Å². The number of nitrogens with zero attached hydrogens (tertiary/aromatic N) is 1. The minimum atomic E-state index is -3.94. The van der Waals surface area contributed by atoms with Crippen molar-refractivity contribution >= 4 is 31.2 Å². The summed E-state index contributed by atoms with van der Waals surface area (Å²) < 4.78 is 59.4. The maximum atomic E-state index is 12.9. The van der Waals surface area contributed by atoms with Gasteiger partial charge in [0.25, 0.3) is 10.0 Å². The molecule has 3 rings (SSSR count). The molecule has 1 fully saturated rings. The van der Waals surface area contributed by atoms with Crippen LogP contribution in [0.15, 0.2) is 52.3 Å². The van der Waals surface area contributed by atoms with Gasteiger partial charge < -0.3 is 9.64 Å². The highest BCUT2D eigenvalue weighted by atomic mass is 32.2. The maximum absolute atomic E-state index is 12.9. The minimum absolute atomic E-state index is 0.0276. The number of rotatable bonds is 6. The Labute approximate surface area is 172 Å². The Kier molecular flexibility index (Phi) is 6.21. The molecule has 7 nitrogen and oxygen atoms in total. The van der Waals surface area contributed by atoms with E-state index in [9.17, 15) is 16.8 Å². The Hall–Kier alpha value is -2.10. The molecule has 1 saturated heterocycles. The van der Waals surface area contributed by atoms with Crippen LogP contribution in [0.4, 0.5) is 11.4 Å². The van der Waals surface area contributed by atoms with Crippen molar-refractivity contribution in [3.8, 4) is 0 Å². The first kappa shape index (κ1) is 21.6. The van der Waals surface area contributed by atoms with Crippen molar-refractivity contribution < 1.29 is 21.6 Å². The van der Waals surface area contributed by atoms with Crippen LogP contribution in [0.25, 0.3) is 0 Å². The maximum Gasteiger partial charge on any atom is 0.261 e. The van der Waals surface area contributed by atoms with Gasteiger partial charge in [0, 0.05) is 18.8 Å². The molecular weight excluding hydrogens is 412 g/mol. The largest absolute Gasteiger partial charge is 0.378 e. The minimum Gasteiger partial charge on any atom is -0.378 e. The van der Waals surface area contributed by atoms with E-state index in [1.165, 1.54) is 18.2 Å². The van der Waals surface area contributed by atoms with E-state index in [0.717, 1.165) is 11.3 Å². The zero-order valence-electron chi connectivity index (χ0n) is 16.8. The summed E-state index contributed by atoms with van der Waals surface area (Å²) in [6.07, 6.45) is 0. The van der Waals surface area contributed by atoms with Gasteiger partial charge in [-0.3, -0.25) is 4.72 Å². The number of sulfone groups is 1. The third-order valence-corrected chi connectivity index (χ3v) is 8.43. The van der Waals surface area contributed by atoms with Crippen molar-refractivity contribution in [1.29, 1.82) is 0 Å². The van der Waals surface area contributed by atoms with Crippen molar-refractivity contribution in [3.63, 3.8) is 0 Å². The number of morpholine rings is 1. The van der Waals surface area contributed by atoms with Gasteiger partial charge in [0.05, 0.1) is 33.9 Å². The fourth-order valence-corrected chi connectivity index (χ4v) is 5.36. The van der Waals surface area contributed by atoms with Crippen molar-refractivity contribution in [3.05, 3.63) is 48.0 Å². The number of anilines is 2. The van der Waals surface area contributed by atoms with Crippen LogP contribution in [0.1, 0.15) is 19.4 Å². The van der Waals surface area contributed by atoms with E-state index in [0.29, 0.717) is 26.3 Å². The second-order valence-electron chi connectivity index (χ2n) is 7.29. The predicted octanol–water partition coefficient (Wildman–Crippen LogP) is 2.81. The molecule has 2 aromatic carbocycles. The summed E-state index contributed by atoms with van der Waals surface area (Å²) in [5, 5.41) is -0.681. The van der Waals surface area contributed by atoms with E-state index in [-0.39, 0.29) is 15.5 Å². The first-order valence-corrected chi connectivity index (χ1v) is 12.4. The summed E-state index contributed by atoms with van der Waals surface area (Å²) >= 11 is 0. The fraction of sp³-hybridized carbons (Fsp3) is 0.400. The molecule has 0 bridgehead atoms. The third kappa shape index (κ3) is 4.73. The smallest absolute Gasteiger partial charge is 0.261 e. The lowest BCUT2D eigenvalue weighted by atomic mass is 10.2. The molecule has 9 heteroatoms. The Morgan fingerprint density at radius 1 is 0.966 bits per heavy atom. The number of nitrogens with one attached hydrogen (secondary N) is 1. The molecule has 0 atom stereocenters. The molecule has 0 saturated carbocycles. The van der Waals surface area contributed by atoms with E-state index in [4.69, 9.17) is 4.74 Å². The van der Waals surface area contributed by atoms with Crippen molar-refractivity contribution in [2.45, 2.75) is 35.8 Å². The van der Waals surface area contributed by atoms with Crippen LogP contribution in [0.3, 0.4) is 0 Å². The summed E-state index contributed by atoms with van der Waals surface area (Å²) in [6.45, 7) is 7.45. The predicted molar refractivity (Wildman–Crippen MR) is 114 cm³/mol. The lowest BCUT2D eigenvalue weighted by Crippen LogP contribution is -2.36. The molecule has 1 aliphatic rings. The summed E-state index contributed by atoms with van der Waals surface area (Å²) in [5.41, 5.74) is 1.74. The first-order chi connectivity index (χ1) is 13.6. The van der Waals surface area contributed by atoms with Gasteiger partial charge in [-0.15, -0.1) is 0 Å². The van der Waals surface area contributed by atoms with Gasteiger partial charge in [-0.2, -0.15) is 0 Å². The highest BCUT2D eigenvalue weighted by Gasteiger charge is 2.26. The number of sulfonamides is 1. The molecule has 1 aliphatic heterocycles. The van der Waals surface area contributed by atoms with Crippen molar-refractivity contribution in [2.24, 2.45) is 0 Å². The molecule has 0 amide bonds. The average Bonchev–Trinajstić information content (AvgIpc) is 2.68. The lowest BCUT2D eigenvalue weighted by molar-refractivity contribution is 0.122. The molecule has 0 aromatic heterocycles. The SMILES string of the molecule is Cc1ccc(S(=O)(=O)Nc2cc(N3CCOCC3)ccc2S(=O)(=O)C(C)C)cc1. The monoisotopic (exact) mass is 438 g/mol. The fourth-order valence-electron chi connectivity index (χ4n) is 3.04. The van der Waals surface area contributed by atoms with E-state index < -0.39 is 25.1 Å². The Morgan fingerprint density at radius 3 is 2.17 bits per heavy atom. The summed E-state index contributed by atoms with van der Waals surface area (Å²) in [5.74, 6) is 0. The Balaban J connectivity index is 2.06. The molecule has 0 radical (unpaired) electrons. The normalized spacial score (nSPS) is 15.5. The van der Waals surface area contributed by atoms with Crippen LogP contribution in [-0.4, -0.2) is 48.4 Å². The van der Waals surface area contributed by atoms with Gasteiger partial charge in [0.2, 0.25) is 0 Å². The highest BCUT2D eigenvalue weighted by molar-refractivity contribution is 7.93.